The molecule has 1 N–H and O–H groups in total. The minimum absolute atomic E-state index is 0.0147. The van der Waals surface area contributed by atoms with E-state index in [0.29, 0.717) is 90.5 Å². The Labute approximate surface area is 788 Å². The second-order valence-electron chi connectivity index (χ2n) is 45.8. The lowest BCUT2D eigenvalue weighted by Crippen LogP contribution is -2.42. The van der Waals surface area contributed by atoms with Crippen molar-refractivity contribution >= 4 is 60.4 Å². The Kier molecular flexibility index (Phi) is 42.0. The lowest BCUT2D eigenvalue weighted by molar-refractivity contribution is -0.153. The fourth-order valence-corrected chi connectivity index (χ4v) is 27.2. The second-order valence-corrected chi connectivity index (χ2v) is 66.4. The number of rotatable bonds is 40. The van der Waals surface area contributed by atoms with E-state index in [4.69, 9.17) is 46.4 Å². The molecule has 9 rings (SSSR count). The van der Waals surface area contributed by atoms with Crippen molar-refractivity contribution in [3.8, 4) is 0 Å². The van der Waals surface area contributed by atoms with Crippen molar-refractivity contribution in [3.05, 3.63) is 127 Å². The third-order valence-corrected chi connectivity index (χ3v) is 49.7. The van der Waals surface area contributed by atoms with Gasteiger partial charge in [-0.15, -0.1) is 0 Å². The molecule has 3 unspecified atom stereocenters. The molecule has 24 heteroatoms. The molecule has 0 aromatic heterocycles. The van der Waals surface area contributed by atoms with Crippen molar-refractivity contribution in [1.82, 2.24) is 0 Å². The Morgan fingerprint density at radius 1 is 0.419 bits per heavy atom. The van der Waals surface area contributed by atoms with Gasteiger partial charge in [0.15, 0.2) is 54.5 Å². The predicted molar refractivity (Wildman–Crippen MR) is 534 cm³/mol. The predicted octanol–water partition coefficient (Wildman–Crippen LogP) is 24.1. The molecule has 0 radical (unpaired) electrons. The number of unbranched alkanes of at least 4 members (excludes halogenated alkanes) is 1. The first-order valence-electron chi connectivity index (χ1n) is 49.2. The summed E-state index contributed by atoms with van der Waals surface area (Å²) in [4.78, 5) is 13.3. The molecule has 6 fully saturated rings. The number of sulfone groups is 3. The van der Waals surface area contributed by atoms with Gasteiger partial charge in [0.25, 0.3) is 0 Å². The van der Waals surface area contributed by atoms with Gasteiger partial charge in [-0.2, -0.15) is 0 Å². The van der Waals surface area contributed by atoms with Gasteiger partial charge in [0.2, 0.25) is 0 Å². The molecule has 6 saturated heterocycles. The van der Waals surface area contributed by atoms with E-state index in [-0.39, 0.29) is 166 Å². The number of ether oxygens (including phenoxy) is 7. The van der Waals surface area contributed by atoms with Gasteiger partial charge in [-0.3, -0.25) is 4.79 Å². The van der Waals surface area contributed by atoms with E-state index in [1.165, 1.54) is 0 Å². The topological polar surface area (TPSA) is 232 Å². The van der Waals surface area contributed by atoms with Crippen LogP contribution in [0.25, 0.3) is 0 Å². The average Bonchev–Trinajstić information content (AvgIpc) is 1.65. The zero-order valence-electron chi connectivity index (χ0n) is 85.2. The number of carbonyl (C=O) groups excluding carboxylic acids is 1. The van der Waals surface area contributed by atoms with Crippen LogP contribution in [-0.2, 0) is 80.7 Å². The van der Waals surface area contributed by atoms with Gasteiger partial charge < -0.3 is 51.5 Å². The zero-order chi connectivity index (χ0) is 96.5. The molecule has 6 aliphatic heterocycles. The molecule has 3 aromatic carbocycles. The molecule has 0 bridgehead atoms. The molecule has 0 aliphatic carbocycles. The zero-order valence-corrected chi connectivity index (χ0v) is 90.7. The molecule has 6 aliphatic rings. The summed E-state index contributed by atoms with van der Waals surface area (Å²) < 4.78 is 147. The Morgan fingerprint density at radius 2 is 0.682 bits per heavy atom. The fourth-order valence-electron chi connectivity index (χ4n) is 18.5. The molecule has 0 spiro atoms. The summed E-state index contributed by atoms with van der Waals surface area (Å²) in [7, 11) is -16.0. The number of aliphatic hydroxyl groups excluding tert-OH is 1. The van der Waals surface area contributed by atoms with E-state index in [1.807, 2.05) is 39.0 Å². The van der Waals surface area contributed by atoms with Crippen molar-refractivity contribution in [2.24, 2.45) is 76.4 Å². The molecule has 736 valence electrons. The maximum Gasteiger partial charge on any atom is 0.311 e. The third kappa shape index (κ3) is 32.5. The van der Waals surface area contributed by atoms with Crippen LogP contribution in [0, 0.1) is 76.4 Å². The van der Waals surface area contributed by atoms with Crippen LogP contribution in [0.5, 0.6) is 0 Å². The summed E-state index contributed by atoms with van der Waals surface area (Å²) in [5.41, 5.74) is 2.71. The van der Waals surface area contributed by atoms with E-state index >= 15 is 0 Å². The first kappa shape index (κ1) is 112. The van der Waals surface area contributed by atoms with E-state index in [9.17, 15) is 35.2 Å². The average molecular weight is 1910 g/mol. The number of benzene rings is 3. The fraction of sp³-hybridized carbons (Fsp3) is 0.762. The molecular formula is C105H178O18S3Si3. The van der Waals surface area contributed by atoms with Crippen molar-refractivity contribution in [2.75, 3.05) is 50.3 Å². The number of carbonyl (C=O) groups is 1. The molecule has 0 saturated carbocycles. The summed E-state index contributed by atoms with van der Waals surface area (Å²) in [6.07, 6.45) is 12.5. The Morgan fingerprint density at radius 3 is 0.930 bits per heavy atom. The van der Waals surface area contributed by atoms with Gasteiger partial charge in [0.1, 0.15) is 0 Å². The van der Waals surface area contributed by atoms with E-state index in [0.717, 1.165) is 93.8 Å². The standard InChI is InChI=1S/C38H64O7SSi.C34H58O5SSi.C33H56O6SSi/c1-26(24-43-47(11,12)38(8,9)10)21-33-29(4)32(25-46(40,41)31-18-14-13-15-19-31)35(45-33)23-34-28(3)27(2)22-30(44-34)17-16-20-42-36(39)37(5,6)7;1-11-12-16-28-20-25(3)26(4)32(38-28)21-33-30(23-40(35,36)29-17-14-13-15-18-29)27(5)31(39-33)19-24(2)22-37-41(9,10)34(6,7)8;1-23(21-37-41(8,9)33(5,6)7)18-30-26(4)29(22-40(35,36)28-15-11-10-12-16-28)32(39-30)20-31-25(3)24(2)19-27(38-31)14-13-17-34/h13-15,18-19,26-27,29-30,32-35H,3,16-17,20-25H2,1-2,4-12H3;13-15,17-18,24-25,27-28,30-33H,4,11-12,16,19-23H2,1-3,5-10H3;10-12,15-16,23-24,26-27,29-32,34H,3,13-14,17-22H2,1-2,4-9H3/t26-,27+,29+,30-,32+,33+,34?,35-;24-,25+,27+,28-,30+,31+,32?,33-;23-,24+,26+,27-,29+,30+,31?,32-/m000/s1. The van der Waals surface area contributed by atoms with Crippen LogP contribution in [0.3, 0.4) is 0 Å². The van der Waals surface area contributed by atoms with Crippen LogP contribution in [0.15, 0.2) is 142 Å². The van der Waals surface area contributed by atoms with E-state index < -0.39 is 59.9 Å². The Bertz CT molecular complexity index is 4130. The van der Waals surface area contributed by atoms with Crippen LogP contribution in [-0.4, -0.2) is 185 Å². The molecule has 0 amide bonds. The summed E-state index contributed by atoms with van der Waals surface area (Å²) in [5.74, 6) is 1.65. The SMILES string of the molecule is C=C1C(C[C@@H]2O[C@H](C[C@H](C)CO[Si](C)(C)C(C)(C)C)[C@H](C)[C@H]2CS(=O)(=O)c2ccccc2)O[C@@H](CCCC)C[C@H]1C.C=C1C(C[C@@H]2O[C@H](C[C@H](C)CO[Si](C)(C)C(C)(C)C)[C@H](C)[C@H]2CS(=O)(=O)c2ccccc2)O[C@@H](CCCO)C[C@H]1C.C=C1C(C[C@@H]2O[C@H](C[C@H](C)CO[Si](C)(C)C(C)(C)C)[C@H](C)[C@H]2CS(=O)(=O)c2ccccc2)O[C@@H](CCCOC(=O)C(C)(C)C)C[C@H]1C. The highest BCUT2D eigenvalue weighted by Gasteiger charge is 2.52. The maximum atomic E-state index is 13.7. The van der Waals surface area contributed by atoms with Crippen LogP contribution in [0.2, 0.25) is 54.4 Å². The summed E-state index contributed by atoms with van der Waals surface area (Å²) in [6, 6.07) is 26.4. The van der Waals surface area contributed by atoms with E-state index in [1.54, 1.807) is 72.8 Å². The molecule has 6 heterocycles. The minimum Gasteiger partial charge on any atom is -0.465 e. The smallest absolute Gasteiger partial charge is 0.311 e. The maximum absolute atomic E-state index is 13.7. The quantitative estimate of drug-likeness (QED) is 0.0241. The van der Waals surface area contributed by atoms with Gasteiger partial charge in [-0.1, -0.05) is 219 Å². The normalized spacial score (nSPS) is 29.7. The number of hydrogen-bond donors (Lipinski definition) is 1. The van der Waals surface area contributed by atoms with Crippen molar-refractivity contribution in [3.63, 3.8) is 0 Å². The number of hydrogen-bond acceptors (Lipinski definition) is 18. The first-order valence-corrected chi connectivity index (χ1v) is 62.9. The first-order chi connectivity index (χ1) is 59.7. The molecule has 18 nitrogen and oxygen atoms in total. The lowest BCUT2D eigenvalue weighted by Gasteiger charge is -2.38. The monoisotopic (exact) mass is 1910 g/mol. The minimum atomic E-state index is -3.52. The highest BCUT2D eigenvalue weighted by Crippen LogP contribution is 2.49. The Balaban J connectivity index is 0.000000266. The second kappa shape index (κ2) is 48.2. The van der Waals surface area contributed by atoms with Gasteiger partial charge >= 0.3 is 5.97 Å². The highest BCUT2D eigenvalue weighted by molar-refractivity contribution is 7.92. The van der Waals surface area contributed by atoms with Gasteiger partial charge in [-0.25, -0.2) is 25.3 Å². The summed E-state index contributed by atoms with van der Waals surface area (Å²) in [6.45, 7) is 77.4. The van der Waals surface area contributed by atoms with Crippen LogP contribution < -0.4 is 0 Å². The largest absolute Gasteiger partial charge is 0.465 e. The van der Waals surface area contributed by atoms with Crippen molar-refractivity contribution in [2.45, 2.75) is 397 Å². The number of esters is 1. The van der Waals surface area contributed by atoms with Crippen LogP contribution in [0.1, 0.15) is 255 Å². The lowest BCUT2D eigenvalue weighted by atomic mass is 9.81. The van der Waals surface area contributed by atoms with E-state index in [2.05, 4.69) is 191 Å². The van der Waals surface area contributed by atoms with Crippen molar-refractivity contribution < 1.29 is 81.6 Å². The Hall–Kier alpha value is -3.55. The van der Waals surface area contributed by atoms with Crippen LogP contribution >= 0.6 is 0 Å². The molecule has 3 aromatic rings. The summed E-state index contributed by atoms with van der Waals surface area (Å²) in [5, 5.41) is 9.80. The van der Waals surface area contributed by atoms with Gasteiger partial charge in [-0.05, 0) is 252 Å². The molecule has 129 heavy (non-hydrogen) atoms. The van der Waals surface area contributed by atoms with Crippen molar-refractivity contribution in [1.29, 1.82) is 0 Å². The highest BCUT2D eigenvalue weighted by atomic mass is 32.2. The molecule has 24 atom stereocenters. The molecular weight excluding hydrogens is 1730 g/mol. The van der Waals surface area contributed by atoms with Gasteiger partial charge in [0, 0.05) is 63.4 Å². The third-order valence-electron chi connectivity index (χ3n) is 30.8. The summed E-state index contributed by atoms with van der Waals surface area (Å²) >= 11 is 0. The van der Waals surface area contributed by atoms with Gasteiger partial charge in [0.05, 0.1) is 117 Å². The van der Waals surface area contributed by atoms with Crippen LogP contribution in [0.4, 0.5) is 0 Å². The number of aliphatic hydroxyl groups is 1.